The topological polar surface area (TPSA) is 99.1 Å². The van der Waals surface area contributed by atoms with E-state index in [9.17, 15) is 13.2 Å². The molecule has 1 aliphatic carbocycles. The van der Waals surface area contributed by atoms with Crippen LogP contribution in [-0.4, -0.2) is 37.4 Å². The van der Waals surface area contributed by atoms with Gasteiger partial charge in [-0.2, -0.15) is 5.26 Å². The van der Waals surface area contributed by atoms with Crippen LogP contribution < -0.4 is 10.6 Å². The van der Waals surface area contributed by atoms with E-state index in [-0.39, 0.29) is 17.7 Å². The monoisotopic (exact) mass is 389 g/mol. The maximum Gasteiger partial charge on any atom is 0.219 e. The fourth-order valence-corrected chi connectivity index (χ4v) is 6.84. The van der Waals surface area contributed by atoms with E-state index < -0.39 is 14.6 Å². The second-order valence-electron chi connectivity index (χ2n) is 7.83. The Morgan fingerprint density at radius 1 is 1.33 bits per heavy atom. The molecule has 1 spiro atoms. The van der Waals surface area contributed by atoms with Gasteiger partial charge in [-0.3, -0.25) is 4.79 Å². The summed E-state index contributed by atoms with van der Waals surface area (Å²) in [4.78, 5) is 11.7. The SMILES string of the molecule is CCC(=O)NC1CCS(=O)(=O)C2(CC(CNCc3cccc(C#N)c3)C2)C1. The Bertz CT molecular complexity index is 838. The fraction of sp³-hybridized carbons (Fsp3) is 0.600. The molecule has 2 N–H and O–H groups in total. The van der Waals surface area contributed by atoms with Gasteiger partial charge >= 0.3 is 0 Å². The summed E-state index contributed by atoms with van der Waals surface area (Å²) in [7, 11) is -3.10. The number of carbonyl (C=O) groups is 1. The largest absolute Gasteiger partial charge is 0.353 e. The Hall–Kier alpha value is -1.91. The molecule has 1 aromatic carbocycles. The lowest BCUT2D eigenvalue weighted by molar-refractivity contribution is -0.121. The van der Waals surface area contributed by atoms with Crippen LogP contribution in [0.4, 0.5) is 0 Å². The molecule has 0 radical (unpaired) electrons. The van der Waals surface area contributed by atoms with Crippen LogP contribution in [0.25, 0.3) is 0 Å². The van der Waals surface area contributed by atoms with Gasteiger partial charge in [0, 0.05) is 19.0 Å². The van der Waals surface area contributed by atoms with Gasteiger partial charge in [0.05, 0.1) is 22.1 Å². The van der Waals surface area contributed by atoms with E-state index in [1.807, 2.05) is 25.1 Å². The summed E-state index contributed by atoms with van der Waals surface area (Å²) in [5.41, 5.74) is 1.70. The molecule has 6 nitrogen and oxygen atoms in total. The molecule has 1 atom stereocenters. The second-order valence-corrected chi connectivity index (χ2v) is 10.3. The van der Waals surface area contributed by atoms with Gasteiger partial charge in [-0.1, -0.05) is 19.1 Å². The molecular formula is C20H27N3O3S. The van der Waals surface area contributed by atoms with E-state index in [4.69, 9.17) is 5.26 Å². The first-order chi connectivity index (χ1) is 12.9. The first kappa shape index (κ1) is 19.8. The Labute approximate surface area is 161 Å². The quantitative estimate of drug-likeness (QED) is 0.774. The average Bonchev–Trinajstić information content (AvgIpc) is 2.62. The molecule has 0 bridgehead atoms. The average molecular weight is 390 g/mol. The molecule has 1 heterocycles. The van der Waals surface area contributed by atoms with Gasteiger partial charge in [-0.25, -0.2) is 8.42 Å². The van der Waals surface area contributed by atoms with Gasteiger partial charge in [0.25, 0.3) is 0 Å². The summed E-state index contributed by atoms with van der Waals surface area (Å²) >= 11 is 0. The van der Waals surface area contributed by atoms with Crippen molar-refractivity contribution in [1.29, 1.82) is 5.26 Å². The molecule has 1 amide bonds. The van der Waals surface area contributed by atoms with Crippen LogP contribution in [0.3, 0.4) is 0 Å². The van der Waals surface area contributed by atoms with E-state index in [0.29, 0.717) is 50.1 Å². The molecule has 0 aromatic heterocycles. The number of sulfone groups is 1. The zero-order valence-corrected chi connectivity index (χ0v) is 16.5. The Kier molecular flexibility index (Phi) is 5.87. The van der Waals surface area contributed by atoms with Gasteiger partial charge in [-0.15, -0.1) is 0 Å². The highest BCUT2D eigenvalue weighted by Crippen LogP contribution is 2.49. The summed E-state index contributed by atoms with van der Waals surface area (Å²) in [5, 5.41) is 15.3. The second kappa shape index (κ2) is 7.99. The van der Waals surface area contributed by atoms with Crippen LogP contribution in [0.15, 0.2) is 24.3 Å². The van der Waals surface area contributed by atoms with Crippen molar-refractivity contribution in [1.82, 2.24) is 10.6 Å². The van der Waals surface area contributed by atoms with Crippen molar-refractivity contribution in [2.75, 3.05) is 12.3 Å². The zero-order valence-electron chi connectivity index (χ0n) is 15.7. The number of nitrogens with one attached hydrogen (secondary N) is 2. The molecule has 1 saturated heterocycles. The predicted molar refractivity (Wildman–Crippen MR) is 104 cm³/mol. The van der Waals surface area contributed by atoms with Crippen molar-refractivity contribution in [2.24, 2.45) is 5.92 Å². The van der Waals surface area contributed by atoms with Crippen LogP contribution >= 0.6 is 0 Å². The van der Waals surface area contributed by atoms with E-state index in [2.05, 4.69) is 16.7 Å². The highest BCUT2D eigenvalue weighted by Gasteiger charge is 2.56. The fourth-order valence-electron chi connectivity index (χ4n) is 4.37. The molecule has 3 rings (SSSR count). The number of amides is 1. The smallest absolute Gasteiger partial charge is 0.219 e. The number of hydrogen-bond donors (Lipinski definition) is 2. The lowest BCUT2D eigenvalue weighted by Gasteiger charge is -2.51. The van der Waals surface area contributed by atoms with Crippen LogP contribution in [-0.2, 0) is 21.2 Å². The van der Waals surface area contributed by atoms with Crippen LogP contribution in [0.2, 0.25) is 0 Å². The van der Waals surface area contributed by atoms with Crippen molar-refractivity contribution in [3.8, 4) is 6.07 Å². The molecule has 2 aliphatic rings. The van der Waals surface area contributed by atoms with Crippen LogP contribution in [0.5, 0.6) is 0 Å². The van der Waals surface area contributed by atoms with Crippen molar-refractivity contribution < 1.29 is 13.2 Å². The minimum Gasteiger partial charge on any atom is -0.353 e. The zero-order chi connectivity index (χ0) is 19.5. The minimum absolute atomic E-state index is 0.00779. The molecular weight excluding hydrogens is 362 g/mol. The summed E-state index contributed by atoms with van der Waals surface area (Å²) in [6.07, 6.45) is 2.82. The normalized spacial score (nSPS) is 28.9. The number of nitriles is 1. The van der Waals surface area contributed by atoms with Gasteiger partial charge in [0.15, 0.2) is 9.84 Å². The molecule has 1 aromatic rings. The van der Waals surface area contributed by atoms with Gasteiger partial charge in [0.1, 0.15) is 0 Å². The lowest BCUT2D eigenvalue weighted by Crippen LogP contribution is -2.60. The number of carbonyl (C=O) groups excluding carboxylic acids is 1. The standard InChI is InChI=1S/C20H27N3O3S/c1-2-19(24)23-18-6-7-27(25,26)20(11-18)9-17(10-20)14-22-13-16-5-3-4-15(8-16)12-21/h3-5,8,17-18,22H,2,6-7,9-11,13-14H2,1H3,(H,23,24). The van der Waals surface area contributed by atoms with E-state index in [1.165, 1.54) is 0 Å². The maximum atomic E-state index is 12.6. The molecule has 2 fully saturated rings. The predicted octanol–water partition coefficient (Wildman–Crippen LogP) is 1.90. The Morgan fingerprint density at radius 3 is 2.81 bits per heavy atom. The summed E-state index contributed by atoms with van der Waals surface area (Å²) in [5.74, 6) is 0.495. The van der Waals surface area contributed by atoms with E-state index >= 15 is 0 Å². The number of hydrogen-bond acceptors (Lipinski definition) is 5. The van der Waals surface area contributed by atoms with Crippen molar-refractivity contribution in [3.63, 3.8) is 0 Å². The third-order valence-electron chi connectivity index (χ3n) is 5.84. The molecule has 146 valence electrons. The molecule has 7 heteroatoms. The third kappa shape index (κ3) is 4.33. The maximum absolute atomic E-state index is 12.6. The Balaban J connectivity index is 1.51. The highest BCUT2D eigenvalue weighted by atomic mass is 32.2. The van der Waals surface area contributed by atoms with Crippen LogP contribution in [0.1, 0.15) is 50.2 Å². The van der Waals surface area contributed by atoms with E-state index in [0.717, 1.165) is 12.1 Å². The lowest BCUT2D eigenvalue weighted by atomic mass is 9.70. The van der Waals surface area contributed by atoms with Crippen LogP contribution in [0, 0.1) is 17.2 Å². The highest BCUT2D eigenvalue weighted by molar-refractivity contribution is 7.92. The molecule has 27 heavy (non-hydrogen) atoms. The Morgan fingerprint density at radius 2 is 2.11 bits per heavy atom. The minimum atomic E-state index is -3.10. The summed E-state index contributed by atoms with van der Waals surface area (Å²) < 4.78 is 24.6. The molecule has 1 unspecified atom stereocenters. The van der Waals surface area contributed by atoms with Crippen molar-refractivity contribution >= 4 is 15.7 Å². The number of benzene rings is 1. The summed E-state index contributed by atoms with van der Waals surface area (Å²) in [6, 6.07) is 9.59. The van der Waals surface area contributed by atoms with Gasteiger partial charge in [-0.05, 0) is 55.8 Å². The number of nitrogens with zero attached hydrogens (tertiary/aromatic N) is 1. The summed E-state index contributed by atoms with van der Waals surface area (Å²) in [6.45, 7) is 3.24. The number of rotatable bonds is 6. The van der Waals surface area contributed by atoms with Gasteiger partial charge in [0.2, 0.25) is 5.91 Å². The first-order valence-corrected chi connectivity index (χ1v) is 11.2. The molecule has 1 aliphatic heterocycles. The first-order valence-electron chi connectivity index (χ1n) is 9.59. The van der Waals surface area contributed by atoms with E-state index in [1.54, 1.807) is 6.07 Å². The third-order valence-corrected chi connectivity index (χ3v) is 8.43. The molecule has 1 saturated carbocycles. The van der Waals surface area contributed by atoms with Crippen molar-refractivity contribution in [2.45, 2.75) is 56.4 Å². The van der Waals surface area contributed by atoms with Gasteiger partial charge < -0.3 is 10.6 Å². The van der Waals surface area contributed by atoms with Crippen molar-refractivity contribution in [3.05, 3.63) is 35.4 Å².